The van der Waals surface area contributed by atoms with Crippen LogP contribution >= 0.6 is 11.3 Å². The minimum atomic E-state index is -0.754. The number of carbonyl (C=O) groups excluding carboxylic acids is 1. The molecule has 7 heteroatoms. The predicted molar refractivity (Wildman–Crippen MR) is 119 cm³/mol. The molecule has 148 valence electrons. The van der Waals surface area contributed by atoms with Crippen LogP contribution in [0.1, 0.15) is 10.4 Å². The normalized spacial score (nSPS) is 11.3. The summed E-state index contributed by atoms with van der Waals surface area (Å²) in [5, 5.41) is 3.43. The highest BCUT2D eigenvalue weighted by Crippen LogP contribution is 2.31. The van der Waals surface area contributed by atoms with E-state index in [1.54, 1.807) is 30.3 Å². The molecule has 0 bridgehead atoms. The smallest absolute Gasteiger partial charge is 0.351 e. The number of carbonyl (C=O) groups is 1. The molecule has 0 aliphatic heterocycles. The maximum absolute atomic E-state index is 12.8. The highest BCUT2D eigenvalue weighted by molar-refractivity contribution is 7.22. The fourth-order valence-electron chi connectivity index (χ4n) is 3.32. The van der Waals surface area contributed by atoms with Crippen LogP contribution in [0.25, 0.3) is 32.0 Å². The monoisotopic (exact) mass is 416 g/mol. The number of fused-ring (bicyclic) bond motifs is 4. The van der Waals surface area contributed by atoms with E-state index in [1.807, 2.05) is 49.3 Å². The van der Waals surface area contributed by atoms with E-state index in [1.165, 1.54) is 11.3 Å². The second-order valence-corrected chi connectivity index (χ2v) is 8.07. The molecule has 0 aliphatic carbocycles. The van der Waals surface area contributed by atoms with Crippen molar-refractivity contribution in [2.24, 2.45) is 0 Å². The lowest BCUT2D eigenvalue weighted by Gasteiger charge is -2.06. The van der Waals surface area contributed by atoms with Crippen molar-refractivity contribution >= 4 is 54.4 Å². The van der Waals surface area contributed by atoms with Crippen LogP contribution in [0, 0.1) is 0 Å². The minimum Gasteiger partial charge on any atom is -0.423 e. The largest absolute Gasteiger partial charge is 0.423 e. The Morgan fingerprint density at radius 1 is 1.03 bits per heavy atom. The standard InChI is InChI=1S/C23H16N2O4S/c1-25(2)23-24-18-9-8-14(11-20(18)30-23)28-21(26)17-12-16-15-6-4-3-5-13(15)7-10-19(16)29-22(17)27/h3-12H,1-2H3. The first-order valence-corrected chi connectivity index (χ1v) is 10.1. The summed E-state index contributed by atoms with van der Waals surface area (Å²) in [6, 6.07) is 18.1. The van der Waals surface area contributed by atoms with E-state index in [4.69, 9.17) is 9.15 Å². The predicted octanol–water partition coefficient (Wildman–Crippen LogP) is 4.84. The van der Waals surface area contributed by atoms with Gasteiger partial charge in [-0.05, 0) is 35.0 Å². The zero-order valence-electron chi connectivity index (χ0n) is 16.2. The van der Waals surface area contributed by atoms with Crippen LogP contribution in [-0.2, 0) is 0 Å². The van der Waals surface area contributed by atoms with E-state index in [0.29, 0.717) is 16.7 Å². The van der Waals surface area contributed by atoms with Crippen molar-refractivity contribution in [3.63, 3.8) is 0 Å². The second kappa shape index (κ2) is 6.96. The van der Waals surface area contributed by atoms with E-state index in [0.717, 1.165) is 26.1 Å². The Hall–Kier alpha value is -3.71. The molecule has 0 atom stereocenters. The fourth-order valence-corrected chi connectivity index (χ4v) is 4.24. The Labute approximate surface area is 174 Å². The molecular formula is C23H16N2O4S. The Morgan fingerprint density at radius 2 is 1.87 bits per heavy atom. The number of esters is 1. The molecule has 0 fully saturated rings. The Balaban J connectivity index is 1.54. The van der Waals surface area contributed by atoms with Crippen LogP contribution in [0.3, 0.4) is 0 Å². The average Bonchev–Trinajstić information content (AvgIpc) is 3.17. The molecule has 2 aromatic heterocycles. The van der Waals surface area contributed by atoms with E-state index >= 15 is 0 Å². The van der Waals surface area contributed by atoms with Gasteiger partial charge in [-0.15, -0.1) is 0 Å². The van der Waals surface area contributed by atoms with Crippen molar-refractivity contribution < 1.29 is 13.9 Å². The maximum atomic E-state index is 12.8. The molecule has 0 N–H and O–H groups in total. The molecular weight excluding hydrogens is 400 g/mol. The van der Waals surface area contributed by atoms with Gasteiger partial charge in [0.2, 0.25) is 0 Å². The molecule has 0 amide bonds. The van der Waals surface area contributed by atoms with Gasteiger partial charge in [0, 0.05) is 25.5 Å². The summed E-state index contributed by atoms with van der Waals surface area (Å²) in [4.78, 5) is 31.6. The van der Waals surface area contributed by atoms with Gasteiger partial charge in [-0.2, -0.15) is 0 Å². The van der Waals surface area contributed by atoms with Gasteiger partial charge in [0.05, 0.1) is 10.2 Å². The van der Waals surface area contributed by atoms with Crippen LogP contribution in [-0.4, -0.2) is 25.0 Å². The fraction of sp³-hybridized carbons (Fsp3) is 0.0870. The Kier molecular flexibility index (Phi) is 4.25. The molecule has 3 aromatic carbocycles. The number of hydrogen-bond donors (Lipinski definition) is 0. The first kappa shape index (κ1) is 18.3. The number of anilines is 1. The van der Waals surface area contributed by atoms with Crippen molar-refractivity contribution in [2.45, 2.75) is 0 Å². The summed E-state index contributed by atoms with van der Waals surface area (Å²) in [6.07, 6.45) is 0. The average molecular weight is 416 g/mol. The first-order valence-electron chi connectivity index (χ1n) is 9.25. The number of benzene rings is 3. The summed E-state index contributed by atoms with van der Waals surface area (Å²) >= 11 is 1.49. The number of thiazole rings is 1. The SMILES string of the molecule is CN(C)c1nc2ccc(OC(=O)c3cc4c(ccc5ccccc54)oc3=O)cc2s1. The molecule has 30 heavy (non-hydrogen) atoms. The quantitative estimate of drug-likeness (QED) is 0.181. The second-order valence-electron chi connectivity index (χ2n) is 7.06. The molecule has 6 nitrogen and oxygen atoms in total. The first-order chi connectivity index (χ1) is 14.5. The maximum Gasteiger partial charge on any atom is 0.351 e. The topological polar surface area (TPSA) is 72.6 Å². The minimum absolute atomic E-state index is 0.141. The molecule has 0 unspecified atom stereocenters. The summed E-state index contributed by atoms with van der Waals surface area (Å²) in [6.45, 7) is 0. The van der Waals surface area contributed by atoms with Crippen molar-refractivity contribution in [1.82, 2.24) is 4.98 Å². The van der Waals surface area contributed by atoms with Crippen molar-refractivity contribution in [2.75, 3.05) is 19.0 Å². The van der Waals surface area contributed by atoms with Gasteiger partial charge in [0.25, 0.3) is 0 Å². The highest BCUT2D eigenvalue weighted by Gasteiger charge is 2.18. The molecule has 0 saturated heterocycles. The van der Waals surface area contributed by atoms with Gasteiger partial charge in [0.15, 0.2) is 5.13 Å². The molecule has 0 aliphatic rings. The molecule has 5 rings (SSSR count). The van der Waals surface area contributed by atoms with Gasteiger partial charge in [-0.25, -0.2) is 14.6 Å². The lowest BCUT2D eigenvalue weighted by molar-refractivity contribution is 0.0731. The molecule has 5 aromatic rings. The summed E-state index contributed by atoms with van der Waals surface area (Å²) in [7, 11) is 3.84. The lowest BCUT2D eigenvalue weighted by Crippen LogP contribution is -2.18. The van der Waals surface area contributed by atoms with E-state index in [9.17, 15) is 9.59 Å². The van der Waals surface area contributed by atoms with E-state index < -0.39 is 11.6 Å². The van der Waals surface area contributed by atoms with Crippen LogP contribution < -0.4 is 15.3 Å². The molecule has 0 spiro atoms. The number of aromatic nitrogens is 1. The van der Waals surface area contributed by atoms with Crippen molar-refractivity contribution in [3.05, 3.63) is 76.6 Å². The van der Waals surface area contributed by atoms with Crippen LogP contribution in [0.4, 0.5) is 5.13 Å². The van der Waals surface area contributed by atoms with Crippen LogP contribution in [0.15, 0.2) is 69.9 Å². The highest BCUT2D eigenvalue weighted by atomic mass is 32.1. The molecule has 2 heterocycles. The zero-order chi connectivity index (χ0) is 20.8. The third kappa shape index (κ3) is 3.09. The molecule has 0 saturated carbocycles. The lowest BCUT2D eigenvalue weighted by atomic mass is 10.0. The van der Waals surface area contributed by atoms with Crippen molar-refractivity contribution in [1.29, 1.82) is 0 Å². The number of nitrogens with zero attached hydrogens (tertiary/aromatic N) is 2. The zero-order valence-corrected chi connectivity index (χ0v) is 17.0. The number of rotatable bonds is 3. The van der Waals surface area contributed by atoms with Crippen LogP contribution in [0.5, 0.6) is 5.75 Å². The van der Waals surface area contributed by atoms with E-state index in [-0.39, 0.29) is 5.56 Å². The van der Waals surface area contributed by atoms with Gasteiger partial charge >= 0.3 is 11.6 Å². The summed E-state index contributed by atoms with van der Waals surface area (Å²) in [5.41, 5.74) is 0.381. The van der Waals surface area contributed by atoms with Gasteiger partial charge in [-0.1, -0.05) is 41.7 Å². The van der Waals surface area contributed by atoms with Crippen molar-refractivity contribution in [3.8, 4) is 5.75 Å². The van der Waals surface area contributed by atoms with E-state index in [2.05, 4.69) is 4.98 Å². The Morgan fingerprint density at radius 3 is 2.70 bits per heavy atom. The number of ether oxygens (including phenoxy) is 1. The van der Waals surface area contributed by atoms with Gasteiger partial charge in [0.1, 0.15) is 16.9 Å². The summed E-state index contributed by atoms with van der Waals surface area (Å²) in [5.74, 6) is -0.408. The van der Waals surface area contributed by atoms with Crippen LogP contribution in [0.2, 0.25) is 0 Å². The third-order valence-corrected chi connectivity index (χ3v) is 5.99. The Bertz CT molecular complexity index is 1500. The molecule has 0 radical (unpaired) electrons. The third-order valence-electron chi connectivity index (χ3n) is 4.80. The van der Waals surface area contributed by atoms with Gasteiger partial charge < -0.3 is 14.1 Å². The van der Waals surface area contributed by atoms with Gasteiger partial charge in [-0.3, -0.25) is 0 Å². The summed E-state index contributed by atoms with van der Waals surface area (Å²) < 4.78 is 11.8. The number of hydrogen-bond acceptors (Lipinski definition) is 7.